The Labute approximate surface area is 111 Å². The Morgan fingerprint density at radius 2 is 1.89 bits per heavy atom. The van der Waals surface area contributed by atoms with Gasteiger partial charge in [0.15, 0.2) is 0 Å². The highest BCUT2D eigenvalue weighted by molar-refractivity contribution is 5.47. The van der Waals surface area contributed by atoms with E-state index in [1.165, 1.54) is 42.4 Å². The van der Waals surface area contributed by atoms with Gasteiger partial charge in [0.2, 0.25) is 0 Å². The molecule has 2 nitrogen and oxygen atoms in total. The predicted octanol–water partition coefficient (Wildman–Crippen LogP) is 3.69. The van der Waals surface area contributed by atoms with E-state index in [1.54, 1.807) is 7.11 Å². The minimum absolute atomic E-state index is 0.351. The molecule has 0 spiro atoms. The van der Waals surface area contributed by atoms with Gasteiger partial charge in [-0.1, -0.05) is 25.0 Å². The highest BCUT2D eigenvalue weighted by atomic mass is 16.5. The molecule has 1 saturated carbocycles. The van der Waals surface area contributed by atoms with E-state index in [4.69, 9.17) is 10.5 Å². The number of methoxy groups -OCH3 is 1. The van der Waals surface area contributed by atoms with Gasteiger partial charge in [0, 0.05) is 6.04 Å². The Morgan fingerprint density at radius 1 is 1.17 bits per heavy atom. The lowest BCUT2D eigenvalue weighted by atomic mass is 9.88. The van der Waals surface area contributed by atoms with Crippen LogP contribution < -0.4 is 10.5 Å². The van der Waals surface area contributed by atoms with Crippen LogP contribution in [-0.4, -0.2) is 13.2 Å². The fourth-order valence-corrected chi connectivity index (χ4v) is 3.08. The average Bonchev–Trinajstić information content (AvgIpc) is 2.57. The standard InChI is InChI=1S/C16H25NO/c1-11-8-9-15(16(18-3)12(11)2)13-6-4-5-7-14(17)10-13/h8-9,13-14H,4-7,10,17H2,1-3H3. The van der Waals surface area contributed by atoms with Crippen molar-refractivity contribution in [3.63, 3.8) is 0 Å². The normalized spacial score (nSPS) is 24.7. The SMILES string of the molecule is COc1c(C2CCCCC(N)C2)ccc(C)c1C. The van der Waals surface area contributed by atoms with Crippen molar-refractivity contribution in [2.24, 2.45) is 5.73 Å². The van der Waals surface area contributed by atoms with Crippen molar-refractivity contribution < 1.29 is 4.74 Å². The molecule has 1 aliphatic carbocycles. The van der Waals surface area contributed by atoms with Crippen molar-refractivity contribution in [2.75, 3.05) is 7.11 Å². The quantitative estimate of drug-likeness (QED) is 0.809. The zero-order valence-electron chi connectivity index (χ0n) is 11.8. The van der Waals surface area contributed by atoms with Crippen molar-refractivity contribution >= 4 is 0 Å². The van der Waals surface area contributed by atoms with Gasteiger partial charge in [-0.05, 0) is 55.7 Å². The third-order valence-corrected chi connectivity index (χ3v) is 4.32. The van der Waals surface area contributed by atoms with E-state index in [0.717, 1.165) is 12.2 Å². The molecule has 1 fully saturated rings. The van der Waals surface area contributed by atoms with Gasteiger partial charge >= 0.3 is 0 Å². The van der Waals surface area contributed by atoms with Gasteiger partial charge in [0.25, 0.3) is 0 Å². The zero-order valence-corrected chi connectivity index (χ0v) is 11.8. The molecular weight excluding hydrogens is 222 g/mol. The fraction of sp³-hybridized carbons (Fsp3) is 0.625. The van der Waals surface area contributed by atoms with Crippen molar-refractivity contribution in [1.29, 1.82) is 0 Å². The summed E-state index contributed by atoms with van der Waals surface area (Å²) in [6, 6.07) is 4.80. The average molecular weight is 247 g/mol. The first-order valence-electron chi connectivity index (χ1n) is 7.03. The third kappa shape index (κ3) is 2.69. The maximum atomic E-state index is 6.18. The highest BCUT2D eigenvalue weighted by Crippen LogP contribution is 2.38. The molecule has 100 valence electrons. The van der Waals surface area contributed by atoms with Gasteiger partial charge in [0.05, 0.1) is 7.11 Å². The summed E-state index contributed by atoms with van der Waals surface area (Å²) in [6.07, 6.45) is 6.06. The molecule has 0 aromatic heterocycles. The number of rotatable bonds is 2. The van der Waals surface area contributed by atoms with E-state index >= 15 is 0 Å². The van der Waals surface area contributed by atoms with E-state index < -0.39 is 0 Å². The minimum Gasteiger partial charge on any atom is -0.496 e. The van der Waals surface area contributed by atoms with Crippen molar-refractivity contribution in [3.05, 3.63) is 28.8 Å². The monoisotopic (exact) mass is 247 g/mol. The highest BCUT2D eigenvalue weighted by Gasteiger charge is 2.22. The Hall–Kier alpha value is -1.02. The van der Waals surface area contributed by atoms with E-state index in [2.05, 4.69) is 26.0 Å². The lowest BCUT2D eigenvalue weighted by Crippen LogP contribution is -2.21. The topological polar surface area (TPSA) is 35.2 Å². The summed E-state index contributed by atoms with van der Waals surface area (Å²) in [7, 11) is 1.78. The third-order valence-electron chi connectivity index (χ3n) is 4.32. The molecule has 0 saturated heterocycles. The molecule has 2 atom stereocenters. The zero-order chi connectivity index (χ0) is 13.1. The van der Waals surface area contributed by atoms with Gasteiger partial charge in [-0.2, -0.15) is 0 Å². The van der Waals surface area contributed by atoms with E-state index in [1.807, 2.05) is 0 Å². The summed E-state index contributed by atoms with van der Waals surface area (Å²) in [6.45, 7) is 4.29. The second-order valence-electron chi connectivity index (χ2n) is 5.61. The maximum Gasteiger partial charge on any atom is 0.125 e. The smallest absolute Gasteiger partial charge is 0.125 e. The number of hydrogen-bond donors (Lipinski definition) is 1. The predicted molar refractivity (Wildman–Crippen MR) is 76.3 cm³/mol. The van der Waals surface area contributed by atoms with Crippen LogP contribution in [0.4, 0.5) is 0 Å². The molecule has 0 heterocycles. The molecular formula is C16H25NO. The van der Waals surface area contributed by atoms with Crippen LogP contribution in [0.5, 0.6) is 5.75 Å². The van der Waals surface area contributed by atoms with E-state index in [0.29, 0.717) is 12.0 Å². The molecule has 18 heavy (non-hydrogen) atoms. The maximum absolute atomic E-state index is 6.18. The van der Waals surface area contributed by atoms with Crippen molar-refractivity contribution in [2.45, 2.75) is 57.9 Å². The molecule has 1 aromatic rings. The lowest BCUT2D eigenvalue weighted by Gasteiger charge is -2.22. The first-order chi connectivity index (χ1) is 8.63. The Morgan fingerprint density at radius 3 is 2.61 bits per heavy atom. The van der Waals surface area contributed by atoms with Gasteiger partial charge in [-0.15, -0.1) is 0 Å². The molecule has 0 radical (unpaired) electrons. The second-order valence-corrected chi connectivity index (χ2v) is 5.61. The first-order valence-corrected chi connectivity index (χ1v) is 7.03. The van der Waals surface area contributed by atoms with Crippen LogP contribution in [0.1, 0.15) is 54.7 Å². The molecule has 2 heteroatoms. The molecule has 2 unspecified atom stereocenters. The van der Waals surface area contributed by atoms with Crippen LogP contribution in [0.3, 0.4) is 0 Å². The van der Waals surface area contributed by atoms with Crippen LogP contribution in [0.25, 0.3) is 0 Å². The van der Waals surface area contributed by atoms with Crippen LogP contribution in [-0.2, 0) is 0 Å². The Bertz CT molecular complexity index is 414. The van der Waals surface area contributed by atoms with Crippen LogP contribution in [0.2, 0.25) is 0 Å². The summed E-state index contributed by atoms with van der Waals surface area (Å²) >= 11 is 0. The largest absolute Gasteiger partial charge is 0.496 e. The Balaban J connectivity index is 2.34. The number of hydrogen-bond acceptors (Lipinski definition) is 2. The van der Waals surface area contributed by atoms with Crippen LogP contribution in [0, 0.1) is 13.8 Å². The molecule has 0 aliphatic heterocycles. The van der Waals surface area contributed by atoms with Gasteiger partial charge < -0.3 is 10.5 Å². The molecule has 2 N–H and O–H groups in total. The number of benzene rings is 1. The molecule has 2 rings (SSSR count). The van der Waals surface area contributed by atoms with E-state index in [9.17, 15) is 0 Å². The van der Waals surface area contributed by atoms with Gasteiger partial charge in [0.1, 0.15) is 5.75 Å². The summed E-state index contributed by atoms with van der Waals surface area (Å²) in [5, 5.41) is 0. The fourth-order valence-electron chi connectivity index (χ4n) is 3.08. The molecule has 1 aliphatic rings. The van der Waals surface area contributed by atoms with Crippen LogP contribution >= 0.6 is 0 Å². The summed E-state index contributed by atoms with van der Waals surface area (Å²) < 4.78 is 5.65. The van der Waals surface area contributed by atoms with E-state index in [-0.39, 0.29) is 0 Å². The summed E-state index contributed by atoms with van der Waals surface area (Å²) in [4.78, 5) is 0. The van der Waals surface area contributed by atoms with Gasteiger partial charge in [-0.25, -0.2) is 0 Å². The molecule has 1 aromatic carbocycles. The summed E-state index contributed by atoms with van der Waals surface area (Å²) in [5.41, 5.74) is 10.1. The number of nitrogens with two attached hydrogens (primary N) is 1. The molecule has 0 amide bonds. The van der Waals surface area contributed by atoms with Gasteiger partial charge in [-0.3, -0.25) is 0 Å². The Kier molecular flexibility index (Phi) is 4.28. The minimum atomic E-state index is 0.351. The van der Waals surface area contributed by atoms with Crippen molar-refractivity contribution in [3.8, 4) is 5.75 Å². The molecule has 0 bridgehead atoms. The second kappa shape index (κ2) is 5.75. The first kappa shape index (κ1) is 13.4. The summed E-state index contributed by atoms with van der Waals surface area (Å²) in [5.74, 6) is 1.64. The number of aryl methyl sites for hydroxylation is 1. The van der Waals surface area contributed by atoms with Crippen LogP contribution in [0.15, 0.2) is 12.1 Å². The number of ether oxygens (including phenoxy) is 1. The van der Waals surface area contributed by atoms with Crippen molar-refractivity contribution in [1.82, 2.24) is 0 Å². The lowest BCUT2D eigenvalue weighted by molar-refractivity contribution is 0.397.